The summed E-state index contributed by atoms with van der Waals surface area (Å²) in [6.45, 7) is 4.07. The molecule has 2 aromatic rings. The number of aromatic nitrogens is 3. The van der Waals surface area contributed by atoms with Gasteiger partial charge in [-0.05, 0) is 38.2 Å². The second-order valence-electron chi connectivity index (χ2n) is 5.87. The Labute approximate surface area is 142 Å². The lowest BCUT2D eigenvalue weighted by atomic mass is 10.0. The van der Waals surface area contributed by atoms with Crippen LogP contribution in [0.4, 0.5) is 11.6 Å². The zero-order valence-electron chi connectivity index (χ0n) is 13.9. The van der Waals surface area contributed by atoms with Gasteiger partial charge in [0.15, 0.2) is 5.16 Å². The summed E-state index contributed by atoms with van der Waals surface area (Å²) in [5, 5.41) is 0.854. The third-order valence-electron chi connectivity index (χ3n) is 4.35. The second-order valence-corrected chi connectivity index (χ2v) is 6.64. The molecule has 0 unspecified atom stereocenters. The second kappa shape index (κ2) is 7.17. The van der Waals surface area contributed by atoms with E-state index in [1.165, 1.54) is 0 Å². The Hall–Kier alpha value is -1.82. The smallest absolute Gasteiger partial charge is 0.189 e. The summed E-state index contributed by atoms with van der Waals surface area (Å²) in [5.74, 6) is 2.11. The van der Waals surface area contributed by atoms with Crippen molar-refractivity contribution in [2.24, 2.45) is 0 Å². The van der Waals surface area contributed by atoms with Crippen LogP contribution in [-0.2, 0) is 0 Å². The van der Waals surface area contributed by atoms with E-state index in [4.69, 9.17) is 0 Å². The number of nitrogens with zero attached hydrogens (tertiary/aromatic N) is 5. The lowest BCUT2D eigenvalue weighted by Gasteiger charge is -2.37. The quantitative estimate of drug-likeness (QED) is 0.635. The number of rotatable bonds is 4. The first-order valence-electron chi connectivity index (χ1n) is 7.96. The van der Waals surface area contributed by atoms with Crippen molar-refractivity contribution in [1.82, 2.24) is 15.0 Å². The third-order valence-corrected chi connectivity index (χ3v) is 4.90. The molecule has 1 aliphatic heterocycles. The maximum Gasteiger partial charge on any atom is 0.189 e. The summed E-state index contributed by atoms with van der Waals surface area (Å²) in [4.78, 5) is 18.2. The van der Waals surface area contributed by atoms with Gasteiger partial charge in [0.25, 0.3) is 0 Å². The highest BCUT2D eigenvalue weighted by Crippen LogP contribution is 2.24. The van der Waals surface area contributed by atoms with E-state index < -0.39 is 0 Å². The van der Waals surface area contributed by atoms with Crippen molar-refractivity contribution >= 4 is 23.4 Å². The lowest BCUT2D eigenvalue weighted by molar-refractivity contribution is 0.477. The van der Waals surface area contributed by atoms with Crippen LogP contribution in [-0.4, -0.2) is 47.4 Å². The molecule has 122 valence electrons. The van der Waals surface area contributed by atoms with Crippen LogP contribution in [0.3, 0.4) is 0 Å². The van der Waals surface area contributed by atoms with Gasteiger partial charge in [-0.15, -0.1) is 0 Å². The van der Waals surface area contributed by atoms with Crippen LogP contribution in [0.1, 0.15) is 18.5 Å². The number of hydrogen-bond acceptors (Lipinski definition) is 6. The highest BCUT2D eigenvalue weighted by atomic mass is 32.2. The minimum atomic E-state index is 0.532. The molecule has 2 aromatic heterocycles. The fraction of sp³-hybridized carbons (Fsp3) is 0.471. The summed E-state index contributed by atoms with van der Waals surface area (Å²) in [6.07, 6.45) is 6.11. The first-order chi connectivity index (χ1) is 11.2. The van der Waals surface area contributed by atoms with Crippen LogP contribution in [0.15, 0.2) is 35.6 Å². The van der Waals surface area contributed by atoms with E-state index >= 15 is 0 Å². The minimum absolute atomic E-state index is 0.532. The fourth-order valence-corrected chi connectivity index (χ4v) is 3.43. The number of aryl methyl sites for hydroxylation is 1. The van der Waals surface area contributed by atoms with Gasteiger partial charge in [-0.3, -0.25) is 0 Å². The molecular weight excluding hydrogens is 306 g/mol. The van der Waals surface area contributed by atoms with Crippen molar-refractivity contribution in [3.8, 4) is 0 Å². The molecule has 5 nitrogen and oxygen atoms in total. The van der Waals surface area contributed by atoms with Crippen molar-refractivity contribution in [2.45, 2.75) is 31.0 Å². The van der Waals surface area contributed by atoms with Gasteiger partial charge in [-0.25, -0.2) is 15.0 Å². The van der Waals surface area contributed by atoms with Crippen LogP contribution >= 0.6 is 11.8 Å². The van der Waals surface area contributed by atoms with Crippen LogP contribution in [0, 0.1) is 6.92 Å². The number of thioether (sulfide) groups is 1. The topological polar surface area (TPSA) is 45.2 Å². The predicted molar refractivity (Wildman–Crippen MR) is 96.4 cm³/mol. The zero-order chi connectivity index (χ0) is 16.2. The van der Waals surface area contributed by atoms with Crippen LogP contribution in [0.5, 0.6) is 0 Å². The van der Waals surface area contributed by atoms with E-state index in [2.05, 4.69) is 43.9 Å². The van der Waals surface area contributed by atoms with Crippen molar-refractivity contribution in [2.75, 3.05) is 36.2 Å². The van der Waals surface area contributed by atoms with Crippen LogP contribution in [0.25, 0.3) is 0 Å². The Balaban J connectivity index is 1.65. The van der Waals surface area contributed by atoms with E-state index in [0.717, 1.165) is 48.4 Å². The number of pyridine rings is 1. The van der Waals surface area contributed by atoms with Gasteiger partial charge in [0.2, 0.25) is 0 Å². The first kappa shape index (κ1) is 16.1. The minimum Gasteiger partial charge on any atom is -0.357 e. The molecule has 1 aliphatic rings. The standard InChI is InChI=1S/C17H23N5S/c1-13-12-16(20-17(19-13)23-3)22-10-7-14(8-11-22)21(2)15-6-4-5-9-18-15/h4-6,9,12,14H,7-8,10-11H2,1-3H3. The number of anilines is 2. The Bertz CT molecular complexity index is 641. The summed E-state index contributed by atoms with van der Waals surface area (Å²) in [6, 6.07) is 8.69. The molecule has 6 heteroatoms. The van der Waals surface area contributed by atoms with E-state index in [-0.39, 0.29) is 0 Å². The van der Waals surface area contributed by atoms with Gasteiger partial charge >= 0.3 is 0 Å². The molecular formula is C17H23N5S. The molecule has 23 heavy (non-hydrogen) atoms. The molecule has 3 heterocycles. The maximum absolute atomic E-state index is 4.66. The van der Waals surface area contributed by atoms with Gasteiger partial charge < -0.3 is 9.80 Å². The lowest BCUT2D eigenvalue weighted by Crippen LogP contribution is -2.44. The summed E-state index contributed by atoms with van der Waals surface area (Å²) in [5.41, 5.74) is 1.03. The van der Waals surface area contributed by atoms with Gasteiger partial charge in [0.1, 0.15) is 11.6 Å². The molecule has 0 bridgehead atoms. The van der Waals surface area contributed by atoms with Gasteiger partial charge in [0.05, 0.1) is 0 Å². The van der Waals surface area contributed by atoms with Crippen molar-refractivity contribution in [3.05, 3.63) is 36.2 Å². The Morgan fingerprint density at radius 1 is 1.22 bits per heavy atom. The van der Waals surface area contributed by atoms with Gasteiger partial charge in [0, 0.05) is 44.1 Å². The highest BCUT2D eigenvalue weighted by molar-refractivity contribution is 7.98. The van der Waals surface area contributed by atoms with E-state index in [1.54, 1.807) is 11.8 Å². The molecule has 1 fully saturated rings. The largest absolute Gasteiger partial charge is 0.357 e. The van der Waals surface area contributed by atoms with Crippen LogP contribution in [0.2, 0.25) is 0 Å². The van der Waals surface area contributed by atoms with Gasteiger partial charge in [-0.1, -0.05) is 17.8 Å². The van der Waals surface area contributed by atoms with Gasteiger partial charge in [-0.2, -0.15) is 0 Å². The number of hydrogen-bond donors (Lipinski definition) is 0. The summed E-state index contributed by atoms with van der Waals surface area (Å²) < 4.78 is 0. The average molecular weight is 329 g/mol. The maximum atomic E-state index is 4.66. The molecule has 0 spiro atoms. The number of piperidine rings is 1. The van der Waals surface area contributed by atoms with Crippen LogP contribution < -0.4 is 9.80 Å². The summed E-state index contributed by atoms with van der Waals surface area (Å²) >= 11 is 1.60. The monoisotopic (exact) mass is 329 g/mol. The highest BCUT2D eigenvalue weighted by Gasteiger charge is 2.24. The third kappa shape index (κ3) is 3.75. The molecule has 1 saturated heterocycles. The van der Waals surface area contributed by atoms with E-state index in [9.17, 15) is 0 Å². The molecule has 0 N–H and O–H groups in total. The van der Waals surface area contributed by atoms with E-state index in [1.807, 2.05) is 31.5 Å². The van der Waals surface area contributed by atoms with Crippen molar-refractivity contribution in [3.63, 3.8) is 0 Å². The predicted octanol–water partition coefficient (Wildman–Crippen LogP) is 3.01. The Morgan fingerprint density at radius 3 is 2.65 bits per heavy atom. The van der Waals surface area contributed by atoms with Crippen molar-refractivity contribution < 1.29 is 0 Å². The Kier molecular flexibility index (Phi) is 5.00. The normalized spacial score (nSPS) is 15.7. The summed E-state index contributed by atoms with van der Waals surface area (Å²) in [7, 11) is 2.14. The zero-order valence-corrected chi connectivity index (χ0v) is 14.8. The molecule has 0 radical (unpaired) electrons. The molecule has 3 rings (SSSR count). The molecule has 0 aromatic carbocycles. The fourth-order valence-electron chi connectivity index (χ4n) is 3.01. The van der Waals surface area contributed by atoms with E-state index in [0.29, 0.717) is 6.04 Å². The molecule has 0 aliphatic carbocycles. The molecule has 0 amide bonds. The Morgan fingerprint density at radius 2 is 2.00 bits per heavy atom. The SMILES string of the molecule is CSc1nc(C)cc(N2CCC(N(C)c3ccccn3)CC2)n1. The molecule has 0 saturated carbocycles. The van der Waals surface area contributed by atoms with Crippen molar-refractivity contribution in [1.29, 1.82) is 0 Å². The molecule has 0 atom stereocenters. The average Bonchev–Trinajstić information content (AvgIpc) is 2.61. The first-order valence-corrected chi connectivity index (χ1v) is 9.18.